The predicted molar refractivity (Wildman–Crippen MR) is 86.9 cm³/mol. The lowest BCUT2D eigenvalue weighted by molar-refractivity contribution is 0.375. The van der Waals surface area contributed by atoms with Crippen molar-refractivity contribution in [2.75, 3.05) is 31.1 Å². The van der Waals surface area contributed by atoms with Gasteiger partial charge in [-0.25, -0.2) is 0 Å². The maximum Gasteiger partial charge on any atom is 0.279 e. The molecule has 1 aromatic carbocycles. The van der Waals surface area contributed by atoms with E-state index in [1.54, 1.807) is 0 Å². The zero-order chi connectivity index (χ0) is 15.6. The molecule has 1 fully saturated rings. The van der Waals surface area contributed by atoms with Gasteiger partial charge in [0.1, 0.15) is 0 Å². The van der Waals surface area contributed by atoms with E-state index in [0.717, 1.165) is 13.1 Å². The standard InChI is InChI=1S/C15H25N3O2S/c1-12(2)16-21(19,20)18-10-8-17(9-11-18)15-7-5-6-13(3)14(15)4/h5-7,12,16H,8-11H2,1-4H3. The molecule has 1 saturated heterocycles. The SMILES string of the molecule is Cc1cccc(N2CCN(S(=O)(=O)NC(C)C)CC2)c1C. The number of anilines is 1. The van der Waals surface area contributed by atoms with Crippen molar-refractivity contribution < 1.29 is 8.42 Å². The summed E-state index contributed by atoms with van der Waals surface area (Å²) in [7, 11) is -3.35. The molecule has 6 heteroatoms. The van der Waals surface area contributed by atoms with E-state index in [9.17, 15) is 8.42 Å². The third-order valence-corrected chi connectivity index (χ3v) is 5.69. The molecule has 0 aliphatic carbocycles. The van der Waals surface area contributed by atoms with Crippen LogP contribution < -0.4 is 9.62 Å². The van der Waals surface area contributed by atoms with Gasteiger partial charge in [-0.3, -0.25) is 0 Å². The highest BCUT2D eigenvalue weighted by Gasteiger charge is 2.27. The largest absolute Gasteiger partial charge is 0.369 e. The van der Waals surface area contributed by atoms with E-state index in [1.807, 2.05) is 13.8 Å². The van der Waals surface area contributed by atoms with Crippen molar-refractivity contribution in [2.45, 2.75) is 33.7 Å². The second-order valence-corrected chi connectivity index (χ2v) is 7.58. The number of hydrogen-bond donors (Lipinski definition) is 1. The highest BCUT2D eigenvalue weighted by atomic mass is 32.2. The minimum Gasteiger partial charge on any atom is -0.369 e. The number of benzene rings is 1. The number of piperazine rings is 1. The lowest BCUT2D eigenvalue weighted by Crippen LogP contribution is -2.53. The average Bonchev–Trinajstić information content (AvgIpc) is 2.41. The molecule has 1 heterocycles. The molecule has 0 atom stereocenters. The van der Waals surface area contributed by atoms with Gasteiger partial charge in [0.05, 0.1) is 0 Å². The smallest absolute Gasteiger partial charge is 0.279 e. The predicted octanol–water partition coefficient (Wildman–Crippen LogP) is 1.67. The Morgan fingerprint density at radius 3 is 2.29 bits per heavy atom. The molecule has 0 bridgehead atoms. The molecule has 118 valence electrons. The molecule has 5 nitrogen and oxygen atoms in total. The van der Waals surface area contributed by atoms with Crippen molar-refractivity contribution in [1.29, 1.82) is 0 Å². The highest BCUT2D eigenvalue weighted by Crippen LogP contribution is 2.24. The molecular formula is C15H25N3O2S. The Labute approximate surface area is 128 Å². The van der Waals surface area contributed by atoms with Crippen LogP contribution in [-0.2, 0) is 10.2 Å². The van der Waals surface area contributed by atoms with Crippen LogP contribution >= 0.6 is 0 Å². The van der Waals surface area contributed by atoms with E-state index in [0.29, 0.717) is 13.1 Å². The molecule has 0 spiro atoms. The van der Waals surface area contributed by atoms with E-state index in [1.165, 1.54) is 21.1 Å². The van der Waals surface area contributed by atoms with Gasteiger partial charge < -0.3 is 4.90 Å². The molecule has 0 amide bonds. The van der Waals surface area contributed by atoms with Crippen LogP contribution in [0.5, 0.6) is 0 Å². The third kappa shape index (κ3) is 3.75. The Bertz CT molecular complexity index is 591. The summed E-state index contributed by atoms with van der Waals surface area (Å²) in [6.07, 6.45) is 0. The van der Waals surface area contributed by atoms with Gasteiger partial charge in [-0.2, -0.15) is 17.4 Å². The molecule has 1 N–H and O–H groups in total. The molecule has 0 unspecified atom stereocenters. The zero-order valence-corrected chi connectivity index (χ0v) is 14.1. The normalized spacial score (nSPS) is 17.5. The van der Waals surface area contributed by atoms with Gasteiger partial charge in [0.25, 0.3) is 10.2 Å². The number of hydrogen-bond acceptors (Lipinski definition) is 3. The first kappa shape index (κ1) is 16.3. The maximum absolute atomic E-state index is 12.2. The summed E-state index contributed by atoms with van der Waals surface area (Å²) in [6.45, 7) is 10.4. The summed E-state index contributed by atoms with van der Waals surface area (Å²) in [5.74, 6) is 0. The summed E-state index contributed by atoms with van der Waals surface area (Å²) in [5, 5.41) is 0. The topological polar surface area (TPSA) is 52.7 Å². The lowest BCUT2D eigenvalue weighted by Gasteiger charge is -2.36. The van der Waals surface area contributed by atoms with Crippen LogP contribution in [0.15, 0.2) is 18.2 Å². The minimum atomic E-state index is -3.35. The Morgan fingerprint density at radius 2 is 1.71 bits per heavy atom. The summed E-state index contributed by atoms with van der Waals surface area (Å²) in [6, 6.07) is 6.19. The van der Waals surface area contributed by atoms with Crippen molar-refractivity contribution in [3.05, 3.63) is 29.3 Å². The van der Waals surface area contributed by atoms with Crippen LogP contribution in [0.1, 0.15) is 25.0 Å². The van der Waals surface area contributed by atoms with Crippen LogP contribution in [0.25, 0.3) is 0 Å². The summed E-state index contributed by atoms with van der Waals surface area (Å²) in [5.41, 5.74) is 3.75. The lowest BCUT2D eigenvalue weighted by atomic mass is 10.1. The second-order valence-electron chi connectivity index (χ2n) is 5.88. The number of nitrogens with zero attached hydrogens (tertiary/aromatic N) is 2. The van der Waals surface area contributed by atoms with E-state index in [4.69, 9.17) is 0 Å². The average molecular weight is 311 g/mol. The van der Waals surface area contributed by atoms with E-state index < -0.39 is 10.2 Å². The van der Waals surface area contributed by atoms with Crippen molar-refractivity contribution in [3.8, 4) is 0 Å². The van der Waals surface area contributed by atoms with E-state index >= 15 is 0 Å². The van der Waals surface area contributed by atoms with Gasteiger partial charge in [0, 0.05) is 37.9 Å². The first-order valence-electron chi connectivity index (χ1n) is 7.40. The quantitative estimate of drug-likeness (QED) is 0.920. The monoisotopic (exact) mass is 311 g/mol. The highest BCUT2D eigenvalue weighted by molar-refractivity contribution is 7.87. The fraction of sp³-hybridized carbons (Fsp3) is 0.600. The Kier molecular flexibility index (Phi) is 4.91. The van der Waals surface area contributed by atoms with Crippen molar-refractivity contribution in [1.82, 2.24) is 9.03 Å². The second kappa shape index (κ2) is 6.34. The molecule has 1 aliphatic rings. The molecule has 0 radical (unpaired) electrons. The van der Waals surface area contributed by atoms with Crippen molar-refractivity contribution in [3.63, 3.8) is 0 Å². The zero-order valence-electron chi connectivity index (χ0n) is 13.3. The van der Waals surface area contributed by atoms with E-state index in [-0.39, 0.29) is 6.04 Å². The van der Waals surface area contributed by atoms with Gasteiger partial charge in [-0.15, -0.1) is 0 Å². The van der Waals surface area contributed by atoms with Crippen LogP contribution in [0.2, 0.25) is 0 Å². The van der Waals surface area contributed by atoms with Gasteiger partial charge >= 0.3 is 0 Å². The number of nitrogens with one attached hydrogen (secondary N) is 1. The summed E-state index contributed by atoms with van der Waals surface area (Å²) >= 11 is 0. The van der Waals surface area contributed by atoms with Gasteiger partial charge in [-0.05, 0) is 44.9 Å². The van der Waals surface area contributed by atoms with Crippen molar-refractivity contribution in [2.24, 2.45) is 0 Å². The molecule has 1 aromatic rings. The van der Waals surface area contributed by atoms with Crippen LogP contribution in [0.3, 0.4) is 0 Å². The van der Waals surface area contributed by atoms with Crippen LogP contribution in [0.4, 0.5) is 5.69 Å². The van der Waals surface area contributed by atoms with Gasteiger partial charge in [0.2, 0.25) is 0 Å². The van der Waals surface area contributed by atoms with Crippen molar-refractivity contribution >= 4 is 15.9 Å². The molecule has 0 aromatic heterocycles. The summed E-state index contributed by atoms with van der Waals surface area (Å²) < 4.78 is 28.5. The Balaban J connectivity index is 2.05. The fourth-order valence-corrected chi connectivity index (χ4v) is 4.01. The fourth-order valence-electron chi connectivity index (χ4n) is 2.62. The Hall–Kier alpha value is -1.11. The van der Waals surface area contributed by atoms with Gasteiger partial charge in [-0.1, -0.05) is 12.1 Å². The first-order valence-corrected chi connectivity index (χ1v) is 8.84. The first-order chi connectivity index (χ1) is 9.81. The number of rotatable bonds is 4. The molecule has 2 rings (SSSR count). The van der Waals surface area contributed by atoms with Crippen LogP contribution in [-0.4, -0.2) is 44.9 Å². The Morgan fingerprint density at radius 1 is 1.10 bits per heavy atom. The molecule has 21 heavy (non-hydrogen) atoms. The van der Waals surface area contributed by atoms with E-state index in [2.05, 4.69) is 41.7 Å². The number of aryl methyl sites for hydroxylation is 1. The third-order valence-electron chi connectivity index (χ3n) is 3.88. The van der Waals surface area contributed by atoms with Gasteiger partial charge in [0.15, 0.2) is 0 Å². The van der Waals surface area contributed by atoms with Crippen LogP contribution in [0, 0.1) is 13.8 Å². The molecular weight excluding hydrogens is 286 g/mol. The molecule has 1 aliphatic heterocycles. The maximum atomic E-state index is 12.2. The summed E-state index contributed by atoms with van der Waals surface area (Å²) in [4.78, 5) is 2.27. The minimum absolute atomic E-state index is 0.0768. The molecule has 0 saturated carbocycles.